The van der Waals surface area contributed by atoms with Gasteiger partial charge in [-0.25, -0.2) is 0 Å². The Labute approximate surface area is 220 Å². The molecule has 0 aliphatic rings. The summed E-state index contributed by atoms with van der Waals surface area (Å²) in [5.74, 6) is 0.604. The first-order valence-corrected chi connectivity index (χ1v) is 15.1. The van der Waals surface area contributed by atoms with Gasteiger partial charge in [-0.2, -0.15) is 0 Å². The van der Waals surface area contributed by atoms with E-state index >= 15 is 0 Å². The SMILES string of the molecule is CCCCCCCCCCCCCCCCC(=O)C[N+](C)(C)CCCNC(=O)C(CC)C(C)(C)C. The van der Waals surface area contributed by atoms with Crippen molar-refractivity contribution in [3.63, 3.8) is 0 Å². The minimum atomic E-state index is -0.00613. The molecule has 1 atom stereocenters. The Morgan fingerprint density at radius 1 is 0.714 bits per heavy atom. The van der Waals surface area contributed by atoms with Crippen molar-refractivity contribution < 1.29 is 14.1 Å². The van der Waals surface area contributed by atoms with Gasteiger partial charge in [0.05, 0.1) is 20.6 Å². The van der Waals surface area contributed by atoms with E-state index in [-0.39, 0.29) is 17.2 Å². The maximum Gasteiger partial charge on any atom is 0.223 e. The van der Waals surface area contributed by atoms with Crippen molar-refractivity contribution in [3.8, 4) is 0 Å². The Morgan fingerprint density at radius 3 is 1.60 bits per heavy atom. The standard InChI is InChI=1S/C31H62N2O2/c1-8-10-11-12-13-14-15-16-17-18-19-20-21-22-24-28(34)27-33(6,7)26-23-25-32-30(35)29(9-2)31(3,4)5/h29H,8-27H2,1-7H3/p+1. The predicted octanol–water partition coefficient (Wildman–Crippen LogP) is 8.08. The number of hydrogen-bond donors (Lipinski definition) is 1. The van der Waals surface area contributed by atoms with E-state index in [1.165, 1.54) is 83.5 Å². The molecule has 0 bridgehead atoms. The summed E-state index contributed by atoms with van der Waals surface area (Å²) in [6.45, 7) is 13.0. The molecule has 0 radical (unpaired) electrons. The highest BCUT2D eigenvalue weighted by molar-refractivity contribution is 5.79. The molecule has 4 nitrogen and oxygen atoms in total. The second-order valence-electron chi connectivity index (χ2n) is 12.7. The molecule has 0 heterocycles. The first-order valence-electron chi connectivity index (χ1n) is 15.1. The first-order chi connectivity index (χ1) is 16.5. The summed E-state index contributed by atoms with van der Waals surface area (Å²) in [4.78, 5) is 24.9. The fraction of sp³-hybridized carbons (Fsp3) is 0.935. The summed E-state index contributed by atoms with van der Waals surface area (Å²) in [5.41, 5.74) is -0.00613. The fourth-order valence-electron chi connectivity index (χ4n) is 5.19. The molecule has 0 rings (SSSR count). The van der Waals surface area contributed by atoms with Gasteiger partial charge in [0.25, 0.3) is 0 Å². The van der Waals surface area contributed by atoms with Gasteiger partial charge in [0.15, 0.2) is 5.78 Å². The monoisotopic (exact) mass is 495 g/mol. The lowest BCUT2D eigenvalue weighted by atomic mass is 9.78. The highest BCUT2D eigenvalue weighted by Crippen LogP contribution is 2.28. The van der Waals surface area contributed by atoms with Gasteiger partial charge in [-0.1, -0.05) is 118 Å². The maximum absolute atomic E-state index is 12.5. The lowest BCUT2D eigenvalue weighted by molar-refractivity contribution is -0.882. The molecule has 0 saturated carbocycles. The Morgan fingerprint density at radius 2 is 1.17 bits per heavy atom. The zero-order valence-corrected chi connectivity index (χ0v) is 25.0. The van der Waals surface area contributed by atoms with E-state index < -0.39 is 0 Å². The maximum atomic E-state index is 12.5. The fourth-order valence-corrected chi connectivity index (χ4v) is 5.19. The summed E-state index contributed by atoms with van der Waals surface area (Å²) in [7, 11) is 4.27. The summed E-state index contributed by atoms with van der Waals surface area (Å²) < 4.78 is 0.712. The van der Waals surface area contributed by atoms with Crippen LogP contribution in [0.1, 0.15) is 144 Å². The highest BCUT2D eigenvalue weighted by atomic mass is 16.2. The number of likely N-dealkylation sites (N-methyl/N-ethyl adjacent to an activating group) is 1. The van der Waals surface area contributed by atoms with Crippen molar-refractivity contribution in [2.45, 2.75) is 144 Å². The van der Waals surface area contributed by atoms with Gasteiger partial charge in [0.1, 0.15) is 6.54 Å². The summed E-state index contributed by atoms with van der Waals surface area (Å²) in [6.07, 6.45) is 21.3. The first kappa shape index (κ1) is 34.1. The van der Waals surface area contributed by atoms with Gasteiger partial charge in [-0.15, -0.1) is 0 Å². The molecular weight excluding hydrogens is 432 g/mol. The number of carbonyl (C=O) groups excluding carboxylic acids is 2. The average molecular weight is 496 g/mol. The van der Waals surface area contributed by atoms with Crippen molar-refractivity contribution in [2.75, 3.05) is 33.7 Å². The van der Waals surface area contributed by atoms with Crippen LogP contribution in [-0.2, 0) is 9.59 Å². The molecule has 0 saturated heterocycles. The normalized spacial score (nSPS) is 13.1. The van der Waals surface area contributed by atoms with E-state index in [1.807, 2.05) is 0 Å². The van der Waals surface area contributed by atoms with Gasteiger partial charge < -0.3 is 9.80 Å². The van der Waals surface area contributed by atoms with Crippen LogP contribution < -0.4 is 5.32 Å². The van der Waals surface area contributed by atoms with Crippen molar-refractivity contribution >= 4 is 11.7 Å². The molecule has 0 aromatic carbocycles. The van der Waals surface area contributed by atoms with E-state index in [0.29, 0.717) is 23.4 Å². The van der Waals surface area contributed by atoms with Crippen LogP contribution in [0.4, 0.5) is 0 Å². The van der Waals surface area contributed by atoms with Gasteiger partial charge in [0, 0.05) is 25.3 Å². The van der Waals surface area contributed by atoms with E-state index in [1.54, 1.807) is 0 Å². The third-order valence-corrected chi connectivity index (χ3v) is 7.42. The van der Waals surface area contributed by atoms with Crippen LogP contribution in [0.2, 0.25) is 0 Å². The predicted molar refractivity (Wildman–Crippen MR) is 153 cm³/mol. The zero-order chi connectivity index (χ0) is 26.6. The molecule has 0 fully saturated rings. The number of nitrogens with one attached hydrogen (secondary N) is 1. The van der Waals surface area contributed by atoms with Crippen LogP contribution in [0.25, 0.3) is 0 Å². The molecule has 4 heteroatoms. The molecule has 1 N–H and O–H groups in total. The molecule has 208 valence electrons. The lowest BCUT2D eigenvalue weighted by Gasteiger charge is -2.30. The van der Waals surface area contributed by atoms with Gasteiger partial charge in [-0.3, -0.25) is 9.59 Å². The molecular formula is C31H63N2O2+. The van der Waals surface area contributed by atoms with E-state index in [2.05, 4.69) is 54.0 Å². The lowest BCUT2D eigenvalue weighted by Crippen LogP contribution is -2.46. The van der Waals surface area contributed by atoms with Crippen LogP contribution in [0.5, 0.6) is 0 Å². The van der Waals surface area contributed by atoms with Crippen molar-refractivity contribution in [1.82, 2.24) is 5.32 Å². The summed E-state index contributed by atoms with van der Waals surface area (Å²) in [5, 5.41) is 3.11. The van der Waals surface area contributed by atoms with E-state index in [9.17, 15) is 9.59 Å². The second-order valence-corrected chi connectivity index (χ2v) is 12.7. The van der Waals surface area contributed by atoms with Crippen molar-refractivity contribution in [3.05, 3.63) is 0 Å². The topological polar surface area (TPSA) is 46.2 Å². The third-order valence-electron chi connectivity index (χ3n) is 7.42. The smallest absolute Gasteiger partial charge is 0.223 e. The number of ketones is 1. The van der Waals surface area contributed by atoms with Crippen molar-refractivity contribution in [2.24, 2.45) is 11.3 Å². The highest BCUT2D eigenvalue weighted by Gasteiger charge is 2.29. The van der Waals surface area contributed by atoms with Crippen LogP contribution in [-0.4, -0.2) is 49.9 Å². The minimum Gasteiger partial charge on any atom is -0.356 e. The summed E-state index contributed by atoms with van der Waals surface area (Å²) in [6, 6.07) is 0. The average Bonchev–Trinajstić information content (AvgIpc) is 2.76. The molecule has 1 unspecified atom stereocenters. The van der Waals surface area contributed by atoms with Gasteiger partial charge in [0.2, 0.25) is 5.91 Å². The van der Waals surface area contributed by atoms with Crippen LogP contribution in [0.15, 0.2) is 0 Å². The Bertz CT molecular complexity index is 537. The minimum absolute atomic E-state index is 0.00613. The number of hydrogen-bond acceptors (Lipinski definition) is 2. The van der Waals surface area contributed by atoms with Crippen LogP contribution in [0, 0.1) is 11.3 Å². The number of rotatable bonds is 23. The van der Waals surface area contributed by atoms with Crippen LogP contribution >= 0.6 is 0 Å². The van der Waals surface area contributed by atoms with Crippen molar-refractivity contribution in [1.29, 1.82) is 0 Å². The molecule has 0 spiro atoms. The molecule has 35 heavy (non-hydrogen) atoms. The Kier molecular flexibility index (Phi) is 19.7. The van der Waals surface area contributed by atoms with Crippen LogP contribution in [0.3, 0.4) is 0 Å². The Hall–Kier alpha value is -0.900. The largest absolute Gasteiger partial charge is 0.356 e. The molecule has 1 amide bonds. The molecule has 0 aromatic heterocycles. The number of carbonyl (C=O) groups is 2. The zero-order valence-electron chi connectivity index (χ0n) is 25.0. The molecule has 0 aliphatic carbocycles. The van der Waals surface area contributed by atoms with Gasteiger partial charge in [-0.05, 0) is 18.3 Å². The molecule has 0 aliphatic heterocycles. The molecule has 0 aromatic rings. The van der Waals surface area contributed by atoms with E-state index in [0.717, 1.165) is 32.2 Å². The van der Waals surface area contributed by atoms with Gasteiger partial charge >= 0.3 is 0 Å². The number of nitrogens with zero attached hydrogens (tertiary/aromatic N) is 1. The number of amides is 1. The van der Waals surface area contributed by atoms with E-state index in [4.69, 9.17) is 0 Å². The number of quaternary nitrogens is 1. The number of Topliss-reactive ketones (excluding diaryl/α,β-unsaturated/α-hetero) is 1. The number of unbranched alkanes of at least 4 members (excludes halogenated alkanes) is 13. The second kappa shape index (κ2) is 20.2. The third kappa shape index (κ3) is 19.9. The summed E-state index contributed by atoms with van der Waals surface area (Å²) >= 11 is 0. The quantitative estimate of drug-likeness (QED) is 0.115. The Balaban J connectivity index is 3.72.